The van der Waals surface area contributed by atoms with E-state index >= 15 is 0 Å². The lowest BCUT2D eigenvalue weighted by molar-refractivity contribution is -0.144. The summed E-state index contributed by atoms with van der Waals surface area (Å²) in [6.07, 6.45) is -0.787. The Morgan fingerprint density at radius 2 is 1.90 bits per heavy atom. The lowest BCUT2D eigenvalue weighted by atomic mass is 10.0. The largest absolute Gasteiger partial charge is 0.480 e. The smallest absolute Gasteiger partial charge is 0.326 e. The molecule has 5 nitrogen and oxygen atoms in total. The number of carboxylic acids is 1. The summed E-state index contributed by atoms with van der Waals surface area (Å²) in [7, 11) is 0. The second-order valence-electron chi connectivity index (χ2n) is 5.26. The fourth-order valence-electron chi connectivity index (χ4n) is 1.73. The summed E-state index contributed by atoms with van der Waals surface area (Å²) in [5.74, 6) is -1.17. The number of carbonyl (C=O) groups excluding carboxylic acids is 1. The van der Waals surface area contributed by atoms with Gasteiger partial charge in [-0.2, -0.15) is 0 Å². The number of aliphatic carboxylic acids is 1. The Bertz CT molecular complexity index is 530. The SMILES string of the molecule is Cc1ccc(OC(C)C(=O)N[C@H](C(=O)O)C(C)C)c(Br)c1. The Labute approximate surface area is 132 Å². The van der Waals surface area contributed by atoms with Crippen LogP contribution in [-0.4, -0.2) is 29.1 Å². The van der Waals surface area contributed by atoms with Crippen molar-refractivity contribution in [2.24, 2.45) is 5.92 Å². The number of benzene rings is 1. The molecule has 0 radical (unpaired) electrons. The third-order valence-corrected chi connectivity index (χ3v) is 3.61. The molecule has 0 bridgehead atoms. The molecule has 21 heavy (non-hydrogen) atoms. The molecule has 1 aromatic rings. The fourth-order valence-corrected chi connectivity index (χ4v) is 2.32. The maximum absolute atomic E-state index is 12.0. The van der Waals surface area contributed by atoms with Crippen molar-refractivity contribution in [2.45, 2.75) is 39.8 Å². The first-order chi connectivity index (χ1) is 9.72. The van der Waals surface area contributed by atoms with Crippen LogP contribution in [-0.2, 0) is 9.59 Å². The molecule has 1 amide bonds. The number of amides is 1. The van der Waals surface area contributed by atoms with Crippen LogP contribution in [0, 0.1) is 12.8 Å². The molecule has 0 aromatic heterocycles. The summed E-state index contributed by atoms with van der Waals surface area (Å²) < 4.78 is 6.32. The number of aryl methyl sites for hydroxylation is 1. The Balaban J connectivity index is 2.72. The van der Waals surface area contributed by atoms with Crippen molar-refractivity contribution < 1.29 is 19.4 Å². The van der Waals surface area contributed by atoms with Gasteiger partial charge in [-0.1, -0.05) is 19.9 Å². The Hall–Kier alpha value is -1.56. The number of carbonyl (C=O) groups is 2. The first kappa shape index (κ1) is 17.5. The quantitative estimate of drug-likeness (QED) is 0.820. The molecule has 2 atom stereocenters. The zero-order valence-electron chi connectivity index (χ0n) is 12.5. The number of hydrogen-bond acceptors (Lipinski definition) is 3. The molecule has 0 fully saturated rings. The molecule has 1 aromatic carbocycles. The van der Waals surface area contributed by atoms with E-state index in [1.807, 2.05) is 19.1 Å². The highest BCUT2D eigenvalue weighted by Gasteiger charge is 2.26. The monoisotopic (exact) mass is 357 g/mol. The zero-order valence-corrected chi connectivity index (χ0v) is 14.1. The van der Waals surface area contributed by atoms with E-state index in [-0.39, 0.29) is 5.92 Å². The van der Waals surface area contributed by atoms with E-state index < -0.39 is 24.0 Å². The normalized spacial score (nSPS) is 13.6. The van der Waals surface area contributed by atoms with E-state index in [0.29, 0.717) is 5.75 Å². The van der Waals surface area contributed by atoms with Crippen molar-refractivity contribution in [1.82, 2.24) is 5.32 Å². The molecular weight excluding hydrogens is 338 g/mol. The van der Waals surface area contributed by atoms with Crippen LogP contribution in [0.4, 0.5) is 0 Å². The number of ether oxygens (including phenoxy) is 1. The van der Waals surface area contributed by atoms with E-state index in [4.69, 9.17) is 9.84 Å². The predicted octanol–water partition coefficient (Wildman–Crippen LogP) is 2.75. The lowest BCUT2D eigenvalue weighted by Crippen LogP contribution is -2.48. The van der Waals surface area contributed by atoms with E-state index in [2.05, 4.69) is 21.2 Å². The minimum Gasteiger partial charge on any atom is -0.480 e. The van der Waals surface area contributed by atoms with Crippen molar-refractivity contribution >= 4 is 27.8 Å². The van der Waals surface area contributed by atoms with E-state index in [9.17, 15) is 9.59 Å². The van der Waals surface area contributed by atoms with Crippen molar-refractivity contribution in [3.63, 3.8) is 0 Å². The predicted molar refractivity (Wildman–Crippen MR) is 83.4 cm³/mol. The topological polar surface area (TPSA) is 75.6 Å². The van der Waals surface area contributed by atoms with Gasteiger partial charge in [0.25, 0.3) is 5.91 Å². The third kappa shape index (κ3) is 5.04. The highest BCUT2D eigenvalue weighted by molar-refractivity contribution is 9.10. The number of halogens is 1. The van der Waals surface area contributed by atoms with E-state index in [0.717, 1.165) is 10.0 Å². The van der Waals surface area contributed by atoms with Gasteiger partial charge in [-0.25, -0.2) is 4.79 Å². The summed E-state index contributed by atoms with van der Waals surface area (Å²) in [4.78, 5) is 23.1. The molecule has 0 aliphatic rings. The van der Waals surface area contributed by atoms with Gasteiger partial charge in [-0.3, -0.25) is 4.79 Å². The van der Waals surface area contributed by atoms with Gasteiger partial charge in [0.2, 0.25) is 0 Å². The average molecular weight is 358 g/mol. The lowest BCUT2D eigenvalue weighted by Gasteiger charge is -2.21. The maximum atomic E-state index is 12.0. The maximum Gasteiger partial charge on any atom is 0.326 e. The molecule has 2 N–H and O–H groups in total. The molecule has 0 aliphatic carbocycles. The first-order valence-electron chi connectivity index (χ1n) is 6.68. The number of nitrogens with one attached hydrogen (secondary N) is 1. The molecule has 0 spiro atoms. The molecule has 0 aliphatic heterocycles. The van der Waals surface area contributed by atoms with Crippen LogP contribution in [0.15, 0.2) is 22.7 Å². The molecule has 0 heterocycles. The zero-order chi connectivity index (χ0) is 16.2. The molecule has 6 heteroatoms. The van der Waals surface area contributed by atoms with Gasteiger partial charge in [0.05, 0.1) is 4.47 Å². The van der Waals surface area contributed by atoms with Crippen molar-refractivity contribution in [1.29, 1.82) is 0 Å². The van der Waals surface area contributed by atoms with Gasteiger partial charge in [-0.05, 0) is 53.4 Å². The first-order valence-corrected chi connectivity index (χ1v) is 7.47. The highest BCUT2D eigenvalue weighted by Crippen LogP contribution is 2.26. The van der Waals surface area contributed by atoms with Crippen molar-refractivity contribution in [2.75, 3.05) is 0 Å². The minimum atomic E-state index is -1.05. The second-order valence-corrected chi connectivity index (χ2v) is 6.12. The van der Waals surface area contributed by atoms with Gasteiger partial charge >= 0.3 is 5.97 Å². The van der Waals surface area contributed by atoms with Crippen LogP contribution in [0.5, 0.6) is 5.75 Å². The van der Waals surface area contributed by atoms with Crippen LogP contribution in [0.1, 0.15) is 26.3 Å². The standard InChI is InChI=1S/C15H20BrNO4/c1-8(2)13(15(19)20)17-14(18)10(4)21-12-6-5-9(3)7-11(12)16/h5-8,10,13H,1-4H3,(H,17,18)(H,19,20)/t10?,13-/m0/s1. The summed E-state index contributed by atoms with van der Waals surface area (Å²) in [5, 5.41) is 11.6. The summed E-state index contributed by atoms with van der Waals surface area (Å²) in [6, 6.07) is 4.60. The number of rotatable bonds is 6. The molecule has 1 rings (SSSR count). The van der Waals surface area contributed by atoms with Crippen molar-refractivity contribution in [3.8, 4) is 5.75 Å². The molecule has 1 unspecified atom stereocenters. The van der Waals surface area contributed by atoms with Gasteiger partial charge in [0.15, 0.2) is 6.10 Å². The van der Waals surface area contributed by atoms with Crippen LogP contribution >= 0.6 is 15.9 Å². The third-order valence-electron chi connectivity index (χ3n) is 2.99. The Kier molecular flexibility index (Phi) is 6.20. The average Bonchev–Trinajstić information content (AvgIpc) is 2.37. The second kappa shape index (κ2) is 7.45. The van der Waals surface area contributed by atoms with Gasteiger partial charge in [0, 0.05) is 0 Å². The van der Waals surface area contributed by atoms with Crippen LogP contribution in [0.2, 0.25) is 0 Å². The summed E-state index contributed by atoms with van der Waals surface area (Å²) in [5.41, 5.74) is 1.07. The van der Waals surface area contributed by atoms with E-state index in [1.54, 1.807) is 26.8 Å². The van der Waals surface area contributed by atoms with Crippen LogP contribution in [0.25, 0.3) is 0 Å². The molecular formula is C15H20BrNO4. The number of hydrogen-bond donors (Lipinski definition) is 2. The van der Waals surface area contributed by atoms with Crippen molar-refractivity contribution in [3.05, 3.63) is 28.2 Å². The van der Waals surface area contributed by atoms with Crippen LogP contribution < -0.4 is 10.1 Å². The minimum absolute atomic E-state index is 0.204. The summed E-state index contributed by atoms with van der Waals surface area (Å²) in [6.45, 7) is 7.01. The molecule has 0 saturated carbocycles. The summed E-state index contributed by atoms with van der Waals surface area (Å²) >= 11 is 3.37. The molecule has 0 saturated heterocycles. The molecule has 116 valence electrons. The Morgan fingerprint density at radius 3 is 2.38 bits per heavy atom. The van der Waals surface area contributed by atoms with Crippen LogP contribution in [0.3, 0.4) is 0 Å². The van der Waals surface area contributed by atoms with Gasteiger partial charge < -0.3 is 15.2 Å². The highest BCUT2D eigenvalue weighted by atomic mass is 79.9. The Morgan fingerprint density at radius 1 is 1.29 bits per heavy atom. The van der Waals surface area contributed by atoms with Gasteiger partial charge in [-0.15, -0.1) is 0 Å². The number of carboxylic acid groups (broad SMARTS) is 1. The van der Waals surface area contributed by atoms with E-state index in [1.165, 1.54) is 0 Å². The fraction of sp³-hybridized carbons (Fsp3) is 0.467. The van der Waals surface area contributed by atoms with Gasteiger partial charge in [0.1, 0.15) is 11.8 Å².